The topological polar surface area (TPSA) is 43.9 Å². The van der Waals surface area contributed by atoms with Crippen molar-refractivity contribution in [3.05, 3.63) is 70.0 Å². The molecule has 0 radical (unpaired) electrons. The molecule has 1 aliphatic heterocycles. The largest absolute Gasteiger partial charge is 0.339 e. The van der Waals surface area contributed by atoms with Crippen molar-refractivity contribution in [1.29, 1.82) is 0 Å². The Morgan fingerprint density at radius 1 is 1.10 bits per heavy atom. The van der Waals surface area contributed by atoms with E-state index in [4.69, 9.17) is 11.6 Å². The second kappa shape index (κ2) is 10.0. The summed E-state index contributed by atoms with van der Waals surface area (Å²) in [5.41, 5.74) is 2.67. The molecule has 1 heterocycles. The Bertz CT molecular complexity index is 893. The van der Waals surface area contributed by atoms with E-state index in [1.165, 1.54) is 28.2 Å². The summed E-state index contributed by atoms with van der Waals surface area (Å²) in [5.74, 6) is -0.950. The van der Waals surface area contributed by atoms with Crippen LogP contribution in [0.5, 0.6) is 0 Å². The van der Waals surface area contributed by atoms with Gasteiger partial charge in [-0.05, 0) is 24.6 Å². The van der Waals surface area contributed by atoms with Crippen LogP contribution in [0.15, 0.2) is 42.5 Å². The van der Waals surface area contributed by atoms with Crippen LogP contribution in [-0.4, -0.2) is 66.3 Å². The summed E-state index contributed by atoms with van der Waals surface area (Å²) in [5, 5.41) is 0.216. The lowest BCUT2D eigenvalue weighted by molar-refractivity contribution is -0.140. The highest BCUT2D eigenvalue weighted by atomic mass is 35.5. The van der Waals surface area contributed by atoms with E-state index in [-0.39, 0.29) is 35.4 Å². The van der Waals surface area contributed by atoms with E-state index in [9.17, 15) is 14.0 Å². The van der Waals surface area contributed by atoms with Crippen molar-refractivity contribution in [2.24, 2.45) is 0 Å². The van der Waals surface area contributed by atoms with Crippen LogP contribution in [0.4, 0.5) is 4.39 Å². The van der Waals surface area contributed by atoms with Gasteiger partial charge >= 0.3 is 0 Å². The van der Waals surface area contributed by atoms with Gasteiger partial charge in [-0.15, -0.1) is 0 Å². The summed E-state index contributed by atoms with van der Waals surface area (Å²) in [7, 11) is 1.56. The minimum absolute atomic E-state index is 0.0250. The van der Waals surface area contributed by atoms with E-state index in [2.05, 4.69) is 36.1 Å². The summed E-state index contributed by atoms with van der Waals surface area (Å²) >= 11 is 6.00. The predicted molar refractivity (Wildman–Crippen MR) is 116 cm³/mol. The van der Waals surface area contributed by atoms with Crippen LogP contribution in [0.1, 0.15) is 16.7 Å². The molecule has 0 N–H and O–H groups in total. The first-order valence-electron chi connectivity index (χ1n) is 10.1. The molecule has 0 bridgehead atoms. The highest BCUT2D eigenvalue weighted by molar-refractivity contribution is 6.31. The Balaban J connectivity index is 1.47. The van der Waals surface area contributed by atoms with Gasteiger partial charge < -0.3 is 9.80 Å². The lowest BCUT2D eigenvalue weighted by Crippen LogP contribution is -2.51. The SMILES string of the molecule is Cc1cccc(CN2CCN(C(=O)CN(C)C(=O)Cc3c(F)cccc3Cl)CC2)c1. The van der Waals surface area contributed by atoms with Crippen molar-refractivity contribution >= 4 is 23.4 Å². The molecule has 0 aromatic heterocycles. The normalized spacial score (nSPS) is 14.6. The Labute approximate surface area is 182 Å². The molecular formula is C23H27ClFN3O2. The van der Waals surface area contributed by atoms with Gasteiger partial charge in [0, 0.05) is 50.4 Å². The smallest absolute Gasteiger partial charge is 0.242 e. The molecule has 0 saturated carbocycles. The zero-order valence-corrected chi connectivity index (χ0v) is 18.2. The Kier molecular flexibility index (Phi) is 7.45. The van der Waals surface area contributed by atoms with Crippen molar-refractivity contribution in [2.75, 3.05) is 39.8 Å². The zero-order valence-electron chi connectivity index (χ0n) is 17.4. The maximum absolute atomic E-state index is 13.9. The number of halogens is 2. The van der Waals surface area contributed by atoms with Crippen molar-refractivity contribution < 1.29 is 14.0 Å². The van der Waals surface area contributed by atoms with Crippen molar-refractivity contribution in [3.8, 4) is 0 Å². The summed E-state index contributed by atoms with van der Waals surface area (Å²) < 4.78 is 13.9. The number of likely N-dealkylation sites (N-methyl/N-ethyl adjacent to an activating group) is 1. The van der Waals surface area contributed by atoms with Gasteiger partial charge in [-0.3, -0.25) is 14.5 Å². The molecule has 1 fully saturated rings. The molecule has 5 nitrogen and oxygen atoms in total. The fourth-order valence-corrected chi connectivity index (χ4v) is 3.83. The molecule has 2 aromatic carbocycles. The van der Waals surface area contributed by atoms with Gasteiger partial charge in [-0.2, -0.15) is 0 Å². The van der Waals surface area contributed by atoms with E-state index in [0.29, 0.717) is 13.1 Å². The first-order valence-corrected chi connectivity index (χ1v) is 10.4. The number of aryl methyl sites for hydroxylation is 1. The number of piperazine rings is 1. The molecule has 1 aliphatic rings. The maximum Gasteiger partial charge on any atom is 0.242 e. The van der Waals surface area contributed by atoms with Crippen LogP contribution in [0.3, 0.4) is 0 Å². The Morgan fingerprint density at radius 3 is 2.47 bits per heavy atom. The molecule has 1 saturated heterocycles. The van der Waals surface area contributed by atoms with Crippen molar-refractivity contribution in [3.63, 3.8) is 0 Å². The fraction of sp³-hybridized carbons (Fsp3) is 0.391. The molecular weight excluding hydrogens is 405 g/mol. The number of benzene rings is 2. The standard InChI is InChI=1S/C23H27ClFN3O2/c1-17-5-3-6-18(13-17)15-27-9-11-28(12-10-27)23(30)16-26(2)22(29)14-19-20(24)7-4-8-21(19)25/h3-8,13H,9-12,14-16H2,1-2H3. The molecule has 0 spiro atoms. The molecule has 0 unspecified atom stereocenters. The monoisotopic (exact) mass is 431 g/mol. The first-order chi connectivity index (χ1) is 14.3. The average Bonchev–Trinajstić information content (AvgIpc) is 2.71. The van der Waals surface area contributed by atoms with Crippen molar-refractivity contribution in [2.45, 2.75) is 19.9 Å². The molecule has 0 aliphatic carbocycles. The van der Waals surface area contributed by atoms with E-state index < -0.39 is 5.82 Å². The number of hydrogen-bond donors (Lipinski definition) is 0. The van der Waals surface area contributed by atoms with Crippen LogP contribution < -0.4 is 0 Å². The number of amides is 2. The van der Waals surface area contributed by atoms with E-state index in [0.717, 1.165) is 19.6 Å². The van der Waals surface area contributed by atoms with E-state index in [1.54, 1.807) is 18.0 Å². The fourth-order valence-electron chi connectivity index (χ4n) is 3.60. The van der Waals surface area contributed by atoms with E-state index in [1.807, 2.05) is 0 Å². The third-order valence-electron chi connectivity index (χ3n) is 5.40. The summed E-state index contributed by atoms with van der Waals surface area (Å²) in [6, 6.07) is 12.8. The van der Waals surface area contributed by atoms with Gasteiger partial charge in [0.15, 0.2) is 0 Å². The molecule has 2 aromatic rings. The third kappa shape index (κ3) is 5.80. The molecule has 30 heavy (non-hydrogen) atoms. The number of carbonyl (C=O) groups is 2. The molecule has 2 amide bonds. The quantitative estimate of drug-likeness (QED) is 0.705. The Morgan fingerprint density at radius 2 is 1.80 bits per heavy atom. The minimum atomic E-state index is -0.514. The van der Waals surface area contributed by atoms with Gasteiger partial charge in [0.25, 0.3) is 0 Å². The van der Waals surface area contributed by atoms with Crippen LogP contribution in [0.25, 0.3) is 0 Å². The number of rotatable bonds is 6. The number of nitrogens with zero attached hydrogens (tertiary/aromatic N) is 3. The van der Waals surface area contributed by atoms with E-state index >= 15 is 0 Å². The molecule has 0 atom stereocenters. The average molecular weight is 432 g/mol. The molecule has 7 heteroatoms. The van der Waals surface area contributed by atoms with Crippen LogP contribution in [0, 0.1) is 12.7 Å². The minimum Gasteiger partial charge on any atom is -0.339 e. The van der Waals surface area contributed by atoms with Gasteiger partial charge in [0.1, 0.15) is 5.82 Å². The molecule has 160 valence electrons. The highest BCUT2D eigenvalue weighted by Crippen LogP contribution is 2.20. The second-order valence-electron chi connectivity index (χ2n) is 7.77. The lowest BCUT2D eigenvalue weighted by Gasteiger charge is -2.35. The molecule has 3 rings (SSSR count). The summed E-state index contributed by atoms with van der Waals surface area (Å²) in [6.07, 6.45) is -0.167. The first kappa shape index (κ1) is 22.2. The number of hydrogen-bond acceptors (Lipinski definition) is 3. The van der Waals surface area contributed by atoms with Crippen molar-refractivity contribution in [1.82, 2.24) is 14.7 Å². The summed E-state index contributed by atoms with van der Waals surface area (Å²) in [6.45, 7) is 5.77. The van der Waals surface area contributed by atoms with Gasteiger partial charge in [0.2, 0.25) is 11.8 Å². The Hall–Kier alpha value is -2.44. The summed E-state index contributed by atoms with van der Waals surface area (Å²) in [4.78, 5) is 30.5. The zero-order chi connectivity index (χ0) is 21.7. The van der Waals surface area contributed by atoms with Gasteiger partial charge in [0.05, 0.1) is 13.0 Å². The van der Waals surface area contributed by atoms with Gasteiger partial charge in [-0.1, -0.05) is 47.5 Å². The predicted octanol–water partition coefficient (Wildman–Crippen LogP) is 3.13. The maximum atomic E-state index is 13.9. The van der Waals surface area contributed by atoms with Crippen LogP contribution in [0.2, 0.25) is 5.02 Å². The highest BCUT2D eigenvalue weighted by Gasteiger charge is 2.24. The van der Waals surface area contributed by atoms with Gasteiger partial charge in [-0.25, -0.2) is 4.39 Å². The number of carbonyl (C=O) groups excluding carboxylic acids is 2. The third-order valence-corrected chi connectivity index (χ3v) is 5.76. The second-order valence-corrected chi connectivity index (χ2v) is 8.18. The lowest BCUT2D eigenvalue weighted by atomic mass is 10.1. The van der Waals surface area contributed by atoms with Crippen LogP contribution in [-0.2, 0) is 22.6 Å². The van der Waals surface area contributed by atoms with Crippen LogP contribution >= 0.6 is 11.6 Å².